The fourth-order valence-electron chi connectivity index (χ4n) is 4.14. The van der Waals surface area contributed by atoms with Crippen molar-refractivity contribution in [1.29, 1.82) is 0 Å². The predicted octanol–water partition coefficient (Wildman–Crippen LogP) is 3.44. The van der Waals surface area contributed by atoms with Gasteiger partial charge in [0.1, 0.15) is 5.69 Å². The summed E-state index contributed by atoms with van der Waals surface area (Å²) in [6.07, 6.45) is 5.19. The summed E-state index contributed by atoms with van der Waals surface area (Å²) < 4.78 is 5.26. The van der Waals surface area contributed by atoms with Crippen LogP contribution < -0.4 is 10.2 Å². The first-order valence-corrected chi connectivity index (χ1v) is 10.4. The van der Waals surface area contributed by atoms with Gasteiger partial charge in [-0.3, -0.25) is 14.9 Å². The Morgan fingerprint density at radius 1 is 1.24 bits per heavy atom. The number of anilines is 1. The molecule has 0 aromatic heterocycles. The van der Waals surface area contributed by atoms with E-state index in [0.717, 1.165) is 51.6 Å². The molecule has 1 amide bonds. The highest BCUT2D eigenvalue weighted by molar-refractivity contribution is 5.93. The van der Waals surface area contributed by atoms with Gasteiger partial charge < -0.3 is 15.0 Å². The maximum atomic E-state index is 12.5. The van der Waals surface area contributed by atoms with Crippen molar-refractivity contribution < 1.29 is 19.2 Å². The molecule has 1 aromatic carbocycles. The van der Waals surface area contributed by atoms with Gasteiger partial charge in [0.25, 0.3) is 11.6 Å². The van der Waals surface area contributed by atoms with Crippen molar-refractivity contribution in [2.45, 2.75) is 64.5 Å². The van der Waals surface area contributed by atoms with Crippen molar-refractivity contribution in [3.05, 3.63) is 33.9 Å². The average molecular weight is 403 g/mol. The molecule has 158 valence electrons. The molecule has 1 aromatic rings. The highest BCUT2D eigenvalue weighted by atomic mass is 16.6. The SMILES string of the molecule is CC1CCCN(c2ccc(C(=O)OC(C)C(=O)NC3CCCC3)cc2[N+](=O)[O-])C1. The highest BCUT2D eigenvalue weighted by Gasteiger charge is 2.27. The maximum Gasteiger partial charge on any atom is 0.339 e. The number of nitro groups is 1. The summed E-state index contributed by atoms with van der Waals surface area (Å²) in [4.78, 5) is 37.8. The van der Waals surface area contributed by atoms with Crippen molar-refractivity contribution in [2.24, 2.45) is 5.92 Å². The minimum atomic E-state index is -0.954. The molecule has 2 aliphatic rings. The second-order valence-electron chi connectivity index (χ2n) is 8.19. The van der Waals surface area contributed by atoms with Gasteiger partial charge in [0.2, 0.25) is 0 Å². The second kappa shape index (κ2) is 9.24. The first kappa shape index (κ1) is 21.1. The molecule has 2 atom stereocenters. The Morgan fingerprint density at radius 2 is 1.97 bits per heavy atom. The minimum absolute atomic E-state index is 0.0750. The van der Waals surface area contributed by atoms with Crippen LogP contribution in [0.3, 0.4) is 0 Å². The third-order valence-electron chi connectivity index (χ3n) is 5.76. The number of hydrogen-bond donors (Lipinski definition) is 1. The molecule has 2 unspecified atom stereocenters. The number of esters is 1. The topological polar surface area (TPSA) is 102 Å². The van der Waals surface area contributed by atoms with Crippen LogP contribution in [-0.4, -0.2) is 42.0 Å². The fourth-order valence-corrected chi connectivity index (χ4v) is 4.14. The van der Waals surface area contributed by atoms with E-state index >= 15 is 0 Å². The largest absolute Gasteiger partial charge is 0.449 e. The summed E-state index contributed by atoms with van der Waals surface area (Å²) >= 11 is 0. The zero-order valence-electron chi connectivity index (χ0n) is 17.1. The Morgan fingerprint density at radius 3 is 2.62 bits per heavy atom. The zero-order valence-corrected chi connectivity index (χ0v) is 17.1. The molecule has 1 saturated carbocycles. The number of ether oxygens (including phenoxy) is 1. The van der Waals surface area contributed by atoms with E-state index < -0.39 is 17.0 Å². The van der Waals surface area contributed by atoms with Crippen molar-refractivity contribution in [3.8, 4) is 0 Å². The Kier molecular flexibility index (Phi) is 6.71. The van der Waals surface area contributed by atoms with Gasteiger partial charge >= 0.3 is 5.97 Å². The number of amides is 1. The highest BCUT2D eigenvalue weighted by Crippen LogP contribution is 2.32. The summed E-state index contributed by atoms with van der Waals surface area (Å²) in [6.45, 7) is 5.15. The van der Waals surface area contributed by atoms with Crippen LogP contribution in [-0.2, 0) is 9.53 Å². The minimum Gasteiger partial charge on any atom is -0.449 e. The quantitative estimate of drug-likeness (QED) is 0.443. The van der Waals surface area contributed by atoms with E-state index in [0.29, 0.717) is 11.6 Å². The molecule has 1 heterocycles. The summed E-state index contributed by atoms with van der Waals surface area (Å²) in [7, 11) is 0. The normalized spacial score (nSPS) is 20.9. The van der Waals surface area contributed by atoms with Crippen molar-refractivity contribution in [3.63, 3.8) is 0 Å². The summed E-state index contributed by atoms with van der Waals surface area (Å²) in [5.41, 5.74) is 0.479. The van der Waals surface area contributed by atoms with Crippen LogP contribution in [0.4, 0.5) is 11.4 Å². The smallest absolute Gasteiger partial charge is 0.339 e. The lowest BCUT2D eigenvalue weighted by molar-refractivity contribution is -0.384. The first-order chi connectivity index (χ1) is 13.8. The molecule has 1 aliphatic heterocycles. The number of piperidine rings is 1. The molecule has 0 radical (unpaired) electrons. The van der Waals surface area contributed by atoms with E-state index in [2.05, 4.69) is 12.2 Å². The van der Waals surface area contributed by atoms with Crippen molar-refractivity contribution >= 4 is 23.3 Å². The number of benzene rings is 1. The molecular weight excluding hydrogens is 374 g/mol. The van der Waals surface area contributed by atoms with Crippen LogP contribution in [0.1, 0.15) is 62.7 Å². The number of carbonyl (C=O) groups excluding carboxylic acids is 2. The molecule has 1 saturated heterocycles. The van der Waals surface area contributed by atoms with Gasteiger partial charge in [-0.05, 0) is 50.7 Å². The van der Waals surface area contributed by atoms with Gasteiger partial charge in [-0.1, -0.05) is 19.8 Å². The van der Waals surface area contributed by atoms with Crippen molar-refractivity contribution in [2.75, 3.05) is 18.0 Å². The van der Waals surface area contributed by atoms with Gasteiger partial charge in [0.15, 0.2) is 6.10 Å². The van der Waals surface area contributed by atoms with E-state index in [1.807, 2.05) is 4.90 Å². The Labute approximate surface area is 170 Å². The predicted molar refractivity (Wildman–Crippen MR) is 109 cm³/mol. The first-order valence-electron chi connectivity index (χ1n) is 10.4. The zero-order chi connectivity index (χ0) is 21.0. The van der Waals surface area contributed by atoms with Gasteiger partial charge in [-0.2, -0.15) is 0 Å². The maximum absolute atomic E-state index is 12.5. The van der Waals surface area contributed by atoms with Crippen LogP contribution >= 0.6 is 0 Å². The second-order valence-corrected chi connectivity index (χ2v) is 8.19. The Bertz CT molecular complexity index is 776. The number of nitrogens with zero attached hydrogens (tertiary/aromatic N) is 2. The lowest BCUT2D eigenvalue weighted by Gasteiger charge is -2.32. The third-order valence-corrected chi connectivity index (χ3v) is 5.76. The molecule has 0 spiro atoms. The molecule has 0 bridgehead atoms. The van der Waals surface area contributed by atoms with Crippen LogP contribution in [0.5, 0.6) is 0 Å². The van der Waals surface area contributed by atoms with Gasteiger partial charge in [-0.25, -0.2) is 4.79 Å². The van der Waals surface area contributed by atoms with Gasteiger partial charge in [-0.15, -0.1) is 0 Å². The number of carbonyl (C=O) groups is 2. The number of rotatable bonds is 6. The van der Waals surface area contributed by atoms with Gasteiger partial charge in [0.05, 0.1) is 10.5 Å². The van der Waals surface area contributed by atoms with Crippen LogP contribution in [0.25, 0.3) is 0 Å². The standard InChI is InChI=1S/C21H29N3O5/c1-14-6-5-11-23(13-14)18-10-9-16(12-19(18)24(27)28)21(26)29-15(2)20(25)22-17-7-3-4-8-17/h9-10,12,14-15,17H,3-8,11,13H2,1-2H3,(H,22,25). The van der Waals surface area contributed by atoms with E-state index in [1.165, 1.54) is 19.1 Å². The lowest BCUT2D eigenvalue weighted by Crippen LogP contribution is -2.40. The van der Waals surface area contributed by atoms with Crippen molar-refractivity contribution in [1.82, 2.24) is 5.32 Å². The lowest BCUT2D eigenvalue weighted by atomic mass is 9.99. The average Bonchev–Trinajstić information content (AvgIpc) is 3.20. The fraction of sp³-hybridized carbons (Fsp3) is 0.619. The third kappa shape index (κ3) is 5.25. The number of hydrogen-bond acceptors (Lipinski definition) is 6. The summed E-state index contributed by atoms with van der Waals surface area (Å²) in [5.74, 6) is -0.605. The van der Waals surface area contributed by atoms with E-state index in [4.69, 9.17) is 4.74 Å². The van der Waals surface area contributed by atoms with Crippen LogP contribution in [0.2, 0.25) is 0 Å². The van der Waals surface area contributed by atoms with Crippen LogP contribution in [0, 0.1) is 16.0 Å². The van der Waals surface area contributed by atoms with E-state index in [-0.39, 0.29) is 23.2 Å². The van der Waals surface area contributed by atoms with E-state index in [9.17, 15) is 19.7 Å². The van der Waals surface area contributed by atoms with Crippen LogP contribution in [0.15, 0.2) is 18.2 Å². The molecule has 1 N–H and O–H groups in total. The summed E-state index contributed by atoms with van der Waals surface area (Å²) in [5, 5.41) is 14.5. The summed E-state index contributed by atoms with van der Waals surface area (Å²) in [6, 6.07) is 4.52. The van der Waals surface area contributed by atoms with E-state index in [1.54, 1.807) is 6.07 Å². The molecule has 8 heteroatoms. The molecular formula is C21H29N3O5. The molecule has 3 rings (SSSR count). The monoisotopic (exact) mass is 403 g/mol. The Balaban J connectivity index is 1.69. The number of nitrogens with one attached hydrogen (secondary N) is 1. The molecule has 1 aliphatic carbocycles. The number of nitro benzene ring substituents is 1. The Hall–Kier alpha value is -2.64. The molecule has 2 fully saturated rings. The van der Waals surface area contributed by atoms with Gasteiger partial charge in [0, 0.05) is 25.2 Å². The molecule has 29 heavy (non-hydrogen) atoms. The molecule has 8 nitrogen and oxygen atoms in total.